The van der Waals surface area contributed by atoms with Crippen molar-refractivity contribution in [3.8, 4) is 0 Å². The molecule has 1 unspecified atom stereocenters. The summed E-state index contributed by atoms with van der Waals surface area (Å²) >= 11 is 1.55. The van der Waals surface area contributed by atoms with Gasteiger partial charge >= 0.3 is 11.7 Å². The van der Waals surface area contributed by atoms with Crippen LogP contribution in [0.25, 0.3) is 0 Å². The van der Waals surface area contributed by atoms with E-state index in [0.717, 1.165) is 6.20 Å². The number of aromatic amines is 1. The zero-order valence-corrected chi connectivity index (χ0v) is 9.71. The fourth-order valence-electron chi connectivity index (χ4n) is 1.15. The molecule has 1 aromatic heterocycles. The topological polar surface area (TPSA) is 92.2 Å². The lowest BCUT2D eigenvalue weighted by molar-refractivity contribution is 0.0693. The lowest BCUT2D eigenvalue weighted by Crippen LogP contribution is -2.34. The molecule has 1 rings (SSSR count). The van der Waals surface area contributed by atoms with Crippen molar-refractivity contribution in [2.45, 2.75) is 18.7 Å². The van der Waals surface area contributed by atoms with E-state index in [2.05, 4.69) is 0 Å². The fourth-order valence-corrected chi connectivity index (χ4v) is 1.46. The lowest BCUT2D eigenvalue weighted by atomic mass is 10.3. The average molecular weight is 244 g/mol. The molecule has 0 saturated heterocycles. The van der Waals surface area contributed by atoms with Crippen LogP contribution in [0.3, 0.4) is 0 Å². The molecule has 0 aromatic carbocycles. The second-order valence-electron chi connectivity index (χ2n) is 3.31. The molecule has 0 saturated carbocycles. The van der Waals surface area contributed by atoms with Crippen molar-refractivity contribution in [1.82, 2.24) is 9.55 Å². The van der Waals surface area contributed by atoms with E-state index in [1.165, 1.54) is 4.57 Å². The number of nitrogens with one attached hydrogen (secondary N) is 1. The van der Waals surface area contributed by atoms with Crippen LogP contribution in [0.5, 0.6) is 0 Å². The van der Waals surface area contributed by atoms with Crippen LogP contribution in [0.15, 0.2) is 15.8 Å². The van der Waals surface area contributed by atoms with Gasteiger partial charge in [0.15, 0.2) is 0 Å². The Labute approximate surface area is 95.3 Å². The second kappa shape index (κ2) is 5.02. The number of aromatic nitrogens is 2. The van der Waals surface area contributed by atoms with Crippen molar-refractivity contribution in [3.05, 3.63) is 32.6 Å². The Kier molecular flexibility index (Phi) is 3.94. The van der Waals surface area contributed by atoms with Crippen LogP contribution in [-0.4, -0.2) is 32.1 Å². The number of aromatic carboxylic acids is 1. The van der Waals surface area contributed by atoms with Gasteiger partial charge in [0.1, 0.15) is 5.56 Å². The van der Waals surface area contributed by atoms with Crippen LogP contribution >= 0.6 is 11.8 Å². The molecule has 6 nitrogen and oxygen atoms in total. The minimum Gasteiger partial charge on any atom is -0.477 e. The molecular formula is C9H12N2O4S. The van der Waals surface area contributed by atoms with Gasteiger partial charge in [-0.25, -0.2) is 9.59 Å². The molecule has 1 atom stereocenters. The molecule has 0 fully saturated rings. The smallest absolute Gasteiger partial charge is 0.342 e. The minimum absolute atomic E-state index is 0.158. The summed E-state index contributed by atoms with van der Waals surface area (Å²) in [4.78, 5) is 35.2. The van der Waals surface area contributed by atoms with Crippen molar-refractivity contribution in [2.24, 2.45) is 0 Å². The maximum absolute atomic E-state index is 11.4. The molecule has 0 radical (unpaired) electrons. The highest BCUT2D eigenvalue weighted by Gasteiger charge is 2.12. The largest absolute Gasteiger partial charge is 0.477 e. The normalized spacial score (nSPS) is 12.4. The molecule has 16 heavy (non-hydrogen) atoms. The highest BCUT2D eigenvalue weighted by atomic mass is 32.2. The Morgan fingerprint density at radius 1 is 1.62 bits per heavy atom. The number of rotatable bonds is 4. The van der Waals surface area contributed by atoms with Gasteiger partial charge in [-0.3, -0.25) is 14.3 Å². The van der Waals surface area contributed by atoms with Gasteiger partial charge in [0.05, 0.1) is 0 Å². The second-order valence-corrected chi connectivity index (χ2v) is 4.58. The molecule has 0 bridgehead atoms. The lowest BCUT2D eigenvalue weighted by Gasteiger charge is -2.10. The third kappa shape index (κ3) is 2.75. The number of carboxylic acids is 1. The highest BCUT2D eigenvalue weighted by molar-refractivity contribution is 7.99. The summed E-state index contributed by atoms with van der Waals surface area (Å²) in [6.07, 6.45) is 2.97. The van der Waals surface area contributed by atoms with Crippen LogP contribution in [0.2, 0.25) is 0 Å². The molecule has 0 spiro atoms. The predicted octanol–water partition coefficient (Wildman–Crippen LogP) is -0.0137. The zero-order valence-electron chi connectivity index (χ0n) is 8.89. The Bertz CT molecular complexity index is 505. The summed E-state index contributed by atoms with van der Waals surface area (Å²) in [5, 5.41) is 8.89. The fraction of sp³-hybridized carbons (Fsp3) is 0.444. The molecule has 88 valence electrons. The first-order valence-electron chi connectivity index (χ1n) is 4.55. The Hall–Kier alpha value is -1.50. The van der Waals surface area contributed by atoms with Crippen LogP contribution in [-0.2, 0) is 6.54 Å². The molecule has 1 heterocycles. The third-order valence-electron chi connectivity index (χ3n) is 2.10. The van der Waals surface area contributed by atoms with E-state index in [4.69, 9.17) is 5.11 Å². The van der Waals surface area contributed by atoms with Crippen molar-refractivity contribution in [3.63, 3.8) is 0 Å². The molecule has 0 aliphatic heterocycles. The number of hydrogen-bond acceptors (Lipinski definition) is 4. The van der Waals surface area contributed by atoms with Gasteiger partial charge in [-0.2, -0.15) is 11.8 Å². The summed E-state index contributed by atoms with van der Waals surface area (Å²) in [7, 11) is 0. The predicted molar refractivity (Wildman–Crippen MR) is 61.3 cm³/mol. The molecule has 2 N–H and O–H groups in total. The van der Waals surface area contributed by atoms with Gasteiger partial charge in [0, 0.05) is 18.0 Å². The molecule has 0 amide bonds. The SMILES string of the molecule is CSC(C)Cn1cc(C(=O)O)c(=O)[nH]c1=O. The van der Waals surface area contributed by atoms with Gasteiger partial charge in [-0.1, -0.05) is 6.92 Å². The first-order chi connectivity index (χ1) is 7.45. The maximum atomic E-state index is 11.4. The van der Waals surface area contributed by atoms with E-state index in [0.29, 0.717) is 6.54 Å². The van der Waals surface area contributed by atoms with Crippen LogP contribution in [0, 0.1) is 0 Å². The van der Waals surface area contributed by atoms with Gasteiger partial charge in [0.25, 0.3) is 5.56 Å². The Morgan fingerprint density at radius 2 is 2.25 bits per heavy atom. The summed E-state index contributed by atoms with van der Waals surface area (Å²) in [5.74, 6) is -1.34. The van der Waals surface area contributed by atoms with Crippen LogP contribution in [0.4, 0.5) is 0 Å². The monoisotopic (exact) mass is 244 g/mol. The molecule has 7 heteroatoms. The average Bonchev–Trinajstić information content (AvgIpc) is 2.21. The third-order valence-corrected chi connectivity index (χ3v) is 3.05. The van der Waals surface area contributed by atoms with E-state index in [1.54, 1.807) is 11.8 Å². The molecular weight excluding hydrogens is 232 g/mol. The van der Waals surface area contributed by atoms with Crippen molar-refractivity contribution in [2.75, 3.05) is 6.26 Å². The van der Waals surface area contributed by atoms with E-state index < -0.39 is 22.8 Å². The summed E-state index contributed by atoms with van der Waals surface area (Å²) in [6, 6.07) is 0. The number of hydrogen-bond donors (Lipinski definition) is 2. The van der Waals surface area contributed by atoms with Gasteiger partial charge < -0.3 is 5.11 Å². The number of carbonyl (C=O) groups is 1. The summed E-state index contributed by atoms with van der Waals surface area (Å²) in [5.41, 5.74) is -1.88. The first-order valence-corrected chi connectivity index (χ1v) is 5.84. The zero-order chi connectivity index (χ0) is 12.3. The number of nitrogens with zero attached hydrogens (tertiary/aromatic N) is 1. The van der Waals surface area contributed by atoms with Crippen molar-refractivity contribution < 1.29 is 9.90 Å². The first kappa shape index (κ1) is 12.6. The van der Waals surface area contributed by atoms with Crippen molar-refractivity contribution >= 4 is 17.7 Å². The van der Waals surface area contributed by atoms with E-state index in [-0.39, 0.29) is 5.25 Å². The van der Waals surface area contributed by atoms with Gasteiger partial charge in [-0.15, -0.1) is 0 Å². The number of H-pyrrole nitrogens is 1. The summed E-state index contributed by atoms with van der Waals surface area (Å²) in [6.45, 7) is 2.26. The molecule has 0 aliphatic rings. The Morgan fingerprint density at radius 3 is 2.75 bits per heavy atom. The van der Waals surface area contributed by atoms with E-state index >= 15 is 0 Å². The minimum atomic E-state index is -1.34. The molecule has 0 aliphatic carbocycles. The van der Waals surface area contributed by atoms with E-state index in [9.17, 15) is 14.4 Å². The molecule has 1 aromatic rings. The number of thioether (sulfide) groups is 1. The Balaban J connectivity index is 3.20. The standard InChI is InChI=1S/C9H12N2O4S/c1-5(16-2)3-11-4-6(8(13)14)7(12)10-9(11)15/h4-5H,3H2,1-2H3,(H,13,14)(H,10,12,15). The summed E-state index contributed by atoms with van der Waals surface area (Å²) < 4.78 is 1.20. The van der Waals surface area contributed by atoms with Crippen molar-refractivity contribution in [1.29, 1.82) is 0 Å². The van der Waals surface area contributed by atoms with E-state index in [1.807, 2.05) is 18.2 Å². The highest BCUT2D eigenvalue weighted by Crippen LogP contribution is 2.06. The van der Waals surface area contributed by atoms with Crippen LogP contribution < -0.4 is 11.2 Å². The van der Waals surface area contributed by atoms with Gasteiger partial charge in [-0.05, 0) is 6.26 Å². The number of carboxylic acid groups (broad SMARTS) is 1. The van der Waals surface area contributed by atoms with Crippen LogP contribution in [0.1, 0.15) is 17.3 Å². The van der Waals surface area contributed by atoms with Gasteiger partial charge in [0.2, 0.25) is 0 Å². The maximum Gasteiger partial charge on any atom is 0.342 e. The quantitative estimate of drug-likeness (QED) is 0.777.